The molecule has 4 aromatic rings. The molecule has 9 nitrogen and oxygen atoms in total. The molecular weight excluding hydrogens is 526 g/mol. The third-order valence-electron chi connectivity index (χ3n) is 5.69. The first-order valence-corrected chi connectivity index (χ1v) is 14.1. The average Bonchev–Trinajstić information content (AvgIpc) is 3.32. The van der Waals surface area contributed by atoms with Gasteiger partial charge in [0.25, 0.3) is 5.91 Å². The second-order valence-corrected chi connectivity index (χ2v) is 11.4. The average molecular weight is 554 g/mol. The molecule has 0 saturated heterocycles. The maximum Gasteiger partial charge on any atom is 0.272 e. The Morgan fingerprint density at radius 1 is 1.08 bits per heavy atom. The van der Waals surface area contributed by atoms with Gasteiger partial charge in [0, 0.05) is 31.0 Å². The van der Waals surface area contributed by atoms with Crippen molar-refractivity contribution in [2.75, 3.05) is 32.3 Å². The fourth-order valence-electron chi connectivity index (χ4n) is 3.79. The van der Waals surface area contributed by atoms with Gasteiger partial charge < -0.3 is 14.2 Å². The molecule has 1 atom stereocenters. The summed E-state index contributed by atoms with van der Waals surface area (Å²) in [6.45, 7) is 1.56. The van der Waals surface area contributed by atoms with E-state index >= 15 is 0 Å². The smallest absolute Gasteiger partial charge is 0.272 e. The lowest BCUT2D eigenvalue weighted by Crippen LogP contribution is -2.27. The normalized spacial score (nSPS) is 12.4. The van der Waals surface area contributed by atoms with Crippen molar-refractivity contribution in [1.29, 1.82) is 0 Å². The number of carbonyl (C=O) groups is 1. The van der Waals surface area contributed by atoms with Crippen LogP contribution in [0.3, 0.4) is 0 Å². The molecule has 0 radical (unpaired) electrons. The first-order chi connectivity index (χ1) is 18.3. The van der Waals surface area contributed by atoms with Crippen LogP contribution in [0.4, 0.5) is 5.13 Å². The van der Waals surface area contributed by atoms with E-state index in [0.29, 0.717) is 27.9 Å². The Labute approximate surface area is 225 Å². The van der Waals surface area contributed by atoms with Gasteiger partial charge in [0.15, 0.2) is 26.5 Å². The zero-order valence-electron chi connectivity index (χ0n) is 21.3. The highest BCUT2D eigenvalue weighted by Crippen LogP contribution is 2.37. The lowest BCUT2D eigenvalue weighted by atomic mass is 10.1. The summed E-state index contributed by atoms with van der Waals surface area (Å²) >= 11 is 1.25. The molecule has 4 rings (SSSR count). The minimum absolute atomic E-state index is 0.0381. The quantitative estimate of drug-likeness (QED) is 0.277. The highest BCUT2D eigenvalue weighted by Gasteiger charge is 2.30. The van der Waals surface area contributed by atoms with Crippen molar-refractivity contribution in [3.8, 4) is 17.2 Å². The third kappa shape index (κ3) is 5.79. The number of benzene rings is 3. The lowest BCUT2D eigenvalue weighted by molar-refractivity contribution is -0.123. The van der Waals surface area contributed by atoms with E-state index in [2.05, 4.69) is 15.3 Å². The zero-order chi connectivity index (χ0) is 27.3. The van der Waals surface area contributed by atoms with Crippen LogP contribution in [0.15, 0.2) is 70.6 Å². The summed E-state index contributed by atoms with van der Waals surface area (Å²) in [7, 11) is 1.10. The fraction of sp³-hybridized carbons (Fsp3) is 0.222. The number of thiazole rings is 1. The van der Waals surface area contributed by atoms with Gasteiger partial charge in [-0.2, -0.15) is 0 Å². The van der Waals surface area contributed by atoms with Crippen LogP contribution in [0.25, 0.3) is 10.2 Å². The van der Waals surface area contributed by atoms with E-state index in [4.69, 9.17) is 14.2 Å². The van der Waals surface area contributed by atoms with Crippen LogP contribution in [0.1, 0.15) is 24.2 Å². The van der Waals surface area contributed by atoms with E-state index in [1.54, 1.807) is 81.9 Å². The van der Waals surface area contributed by atoms with Crippen LogP contribution in [0.5, 0.6) is 17.2 Å². The minimum Gasteiger partial charge on any atom is -0.493 e. The van der Waals surface area contributed by atoms with Crippen molar-refractivity contribution < 1.29 is 27.4 Å². The second-order valence-electron chi connectivity index (χ2n) is 8.08. The van der Waals surface area contributed by atoms with Crippen molar-refractivity contribution in [3.05, 3.63) is 71.8 Å². The lowest BCUT2D eigenvalue weighted by Gasteiger charge is -2.21. The van der Waals surface area contributed by atoms with Gasteiger partial charge in [-0.25, -0.2) is 13.4 Å². The van der Waals surface area contributed by atoms with Crippen LogP contribution in [0, 0.1) is 0 Å². The van der Waals surface area contributed by atoms with Gasteiger partial charge >= 0.3 is 0 Å². The summed E-state index contributed by atoms with van der Waals surface area (Å²) in [4.78, 5) is 22.2. The molecule has 0 aliphatic carbocycles. The van der Waals surface area contributed by atoms with Gasteiger partial charge in [-0.05, 0) is 35.9 Å². The molecule has 1 unspecified atom stereocenters. The molecule has 1 aromatic heterocycles. The topological polar surface area (TPSA) is 116 Å². The van der Waals surface area contributed by atoms with Gasteiger partial charge in [-0.1, -0.05) is 36.5 Å². The Hall–Kier alpha value is -3.96. The number of nitrogens with one attached hydrogen (secondary N) is 1. The van der Waals surface area contributed by atoms with Gasteiger partial charge in [-0.3, -0.25) is 15.1 Å². The fourth-order valence-corrected chi connectivity index (χ4v) is 5.80. The molecule has 0 fully saturated rings. The van der Waals surface area contributed by atoms with E-state index in [-0.39, 0.29) is 16.2 Å². The monoisotopic (exact) mass is 553 g/mol. The molecule has 11 heteroatoms. The van der Waals surface area contributed by atoms with Crippen LogP contribution in [-0.4, -0.2) is 52.5 Å². The zero-order valence-corrected chi connectivity index (χ0v) is 22.9. The van der Waals surface area contributed by atoms with Crippen molar-refractivity contribution in [3.63, 3.8) is 0 Å². The predicted molar refractivity (Wildman–Crippen MR) is 149 cm³/mol. The number of amides is 1. The number of fused-ring (bicyclic) bond motifs is 1. The molecule has 0 aliphatic heterocycles. The number of hydrogen-bond acceptors (Lipinski definition) is 9. The van der Waals surface area contributed by atoms with E-state index in [0.717, 1.165) is 10.3 Å². The van der Waals surface area contributed by atoms with E-state index in [1.165, 1.54) is 24.5 Å². The molecule has 1 N–H and O–H groups in total. The summed E-state index contributed by atoms with van der Waals surface area (Å²) in [5, 5.41) is 3.12. The summed E-state index contributed by atoms with van der Waals surface area (Å²) in [5.74, 6) is 0.754. The Morgan fingerprint density at radius 3 is 2.42 bits per heavy atom. The Bertz CT molecular complexity index is 1540. The summed E-state index contributed by atoms with van der Waals surface area (Å²) < 4.78 is 43.3. The van der Waals surface area contributed by atoms with Crippen LogP contribution < -0.4 is 19.5 Å². The molecule has 1 amide bonds. The number of hydrogen-bond donors (Lipinski definition) is 1. The van der Waals surface area contributed by atoms with Crippen LogP contribution >= 0.6 is 11.3 Å². The Balaban J connectivity index is 1.73. The van der Waals surface area contributed by atoms with Gasteiger partial charge in [0.1, 0.15) is 5.75 Å². The summed E-state index contributed by atoms with van der Waals surface area (Å²) in [6.07, 6.45) is 0.420. The molecule has 198 valence electrons. The van der Waals surface area contributed by atoms with E-state index in [1.807, 2.05) is 0 Å². The molecular formula is C27H27N3O6S2. The van der Waals surface area contributed by atoms with Crippen molar-refractivity contribution in [2.45, 2.75) is 17.9 Å². The van der Waals surface area contributed by atoms with Crippen molar-refractivity contribution in [2.24, 2.45) is 4.99 Å². The van der Waals surface area contributed by atoms with E-state index in [9.17, 15) is 13.2 Å². The van der Waals surface area contributed by atoms with Crippen LogP contribution in [-0.2, 0) is 14.6 Å². The molecule has 1 heterocycles. The number of ether oxygens (including phenoxy) is 3. The predicted octanol–water partition coefficient (Wildman–Crippen LogP) is 4.91. The number of methoxy groups -OCH3 is 2. The maximum atomic E-state index is 13.6. The van der Waals surface area contributed by atoms with E-state index < -0.39 is 21.8 Å². The standard InChI is InChI=1S/C27H27N3O6S2/c1-5-38(32,33)24-9-7-6-8-19(24)25(36-18-12-10-17(11-13-18)16-28-2)26(31)30-27-29-20-14-21(34-3)22(35-4)15-23(20)37-27/h6-16,25H,5H2,1-4H3,(H,29,30,31). The molecule has 0 bridgehead atoms. The first-order valence-electron chi connectivity index (χ1n) is 11.6. The number of nitrogens with zero attached hydrogens (tertiary/aromatic N) is 2. The van der Waals surface area contributed by atoms with Crippen LogP contribution in [0.2, 0.25) is 0 Å². The summed E-state index contributed by atoms with van der Waals surface area (Å²) in [6, 6.07) is 16.8. The first kappa shape index (κ1) is 27.1. The molecule has 0 aliphatic rings. The number of anilines is 1. The maximum absolute atomic E-state index is 13.6. The highest BCUT2D eigenvalue weighted by atomic mass is 32.2. The molecule has 0 spiro atoms. The minimum atomic E-state index is -3.64. The molecule has 0 saturated carbocycles. The largest absolute Gasteiger partial charge is 0.493 e. The van der Waals surface area contributed by atoms with Gasteiger partial charge in [-0.15, -0.1) is 0 Å². The van der Waals surface area contributed by atoms with Crippen molar-refractivity contribution >= 4 is 48.6 Å². The Morgan fingerprint density at radius 2 is 1.76 bits per heavy atom. The summed E-state index contributed by atoms with van der Waals surface area (Å²) in [5.41, 5.74) is 1.70. The van der Waals surface area contributed by atoms with Gasteiger partial charge in [0.05, 0.1) is 35.1 Å². The number of rotatable bonds is 10. The second kappa shape index (κ2) is 11.6. The number of carbonyl (C=O) groups excluding carboxylic acids is 1. The number of sulfone groups is 1. The molecule has 3 aromatic carbocycles. The Kier molecular flexibility index (Phi) is 8.28. The number of aliphatic imine (C=N–C) groups is 1. The molecule has 38 heavy (non-hydrogen) atoms. The number of aromatic nitrogens is 1. The highest BCUT2D eigenvalue weighted by molar-refractivity contribution is 7.91. The third-order valence-corrected chi connectivity index (χ3v) is 8.43. The SMILES string of the molecule is CCS(=O)(=O)c1ccccc1C(Oc1ccc(C=NC)cc1)C(=O)Nc1nc2cc(OC)c(OC)cc2s1. The van der Waals surface area contributed by atoms with Gasteiger partial charge in [0.2, 0.25) is 6.10 Å². The van der Waals surface area contributed by atoms with Crippen molar-refractivity contribution in [1.82, 2.24) is 4.98 Å².